The predicted octanol–water partition coefficient (Wildman–Crippen LogP) is 2.38. The smallest absolute Gasteiger partial charge is 0.342 e. The molecule has 0 unspecified atom stereocenters. The molecule has 0 radical (unpaired) electrons. The van der Waals surface area contributed by atoms with E-state index in [1.807, 2.05) is 0 Å². The van der Waals surface area contributed by atoms with Crippen LogP contribution >= 0.6 is 11.6 Å². The molecule has 0 saturated carbocycles. The second-order valence-electron chi connectivity index (χ2n) is 5.65. The number of aromatic nitrogens is 2. The van der Waals surface area contributed by atoms with Gasteiger partial charge in [0.15, 0.2) is 0 Å². The molecule has 0 aliphatic carbocycles. The van der Waals surface area contributed by atoms with Crippen molar-refractivity contribution >= 4 is 27.6 Å². The first-order valence-corrected chi connectivity index (χ1v) is 9.61. The Morgan fingerprint density at radius 2 is 1.67 bits per heavy atom. The number of carbonyl (C=O) groups excluding carboxylic acids is 1. The average Bonchev–Trinajstić information content (AvgIpc) is 3.03. The number of nitrogens with zero attached hydrogens (tertiary/aromatic N) is 2. The van der Waals surface area contributed by atoms with Crippen molar-refractivity contribution in [3.8, 4) is 0 Å². The fourth-order valence-corrected chi connectivity index (χ4v) is 3.84. The van der Waals surface area contributed by atoms with Gasteiger partial charge in [0.1, 0.15) is 0 Å². The van der Waals surface area contributed by atoms with E-state index < -0.39 is 21.7 Å². The minimum absolute atomic E-state index is 0.0332. The summed E-state index contributed by atoms with van der Waals surface area (Å²) >= 11 is 5.78. The van der Waals surface area contributed by atoms with Crippen LogP contribution in [0.4, 0.5) is 0 Å². The third-order valence-corrected chi connectivity index (χ3v) is 5.83. The summed E-state index contributed by atoms with van der Waals surface area (Å²) in [5, 5.41) is 0.397. The molecule has 9 heteroatoms. The predicted molar refractivity (Wildman–Crippen MR) is 99.6 cm³/mol. The van der Waals surface area contributed by atoms with Gasteiger partial charge in [-0.15, -0.1) is 0 Å². The van der Waals surface area contributed by atoms with E-state index in [0.717, 1.165) is 5.56 Å². The van der Waals surface area contributed by atoms with Crippen LogP contribution in [0.15, 0.2) is 70.6 Å². The van der Waals surface area contributed by atoms with E-state index in [4.69, 9.17) is 11.6 Å². The molecule has 1 aromatic heterocycles. The molecule has 0 bridgehead atoms. The zero-order valence-corrected chi connectivity index (χ0v) is 15.8. The molecule has 1 heterocycles. The molecule has 0 saturated heterocycles. The van der Waals surface area contributed by atoms with Gasteiger partial charge in [-0.2, -0.15) is 3.97 Å². The molecule has 0 aliphatic heterocycles. The molecule has 2 aromatic carbocycles. The highest BCUT2D eigenvalue weighted by molar-refractivity contribution is 7.90. The number of methoxy groups -OCH3 is 1. The second-order valence-corrected chi connectivity index (χ2v) is 7.90. The van der Waals surface area contributed by atoms with Crippen LogP contribution in [0.1, 0.15) is 15.9 Å². The number of hydrogen-bond acceptors (Lipinski definition) is 5. The number of esters is 1. The Kier molecular flexibility index (Phi) is 5.20. The van der Waals surface area contributed by atoms with Crippen LogP contribution in [0.2, 0.25) is 5.02 Å². The Morgan fingerprint density at radius 3 is 2.26 bits per heavy atom. The highest BCUT2D eigenvalue weighted by Crippen LogP contribution is 2.16. The lowest BCUT2D eigenvalue weighted by molar-refractivity contribution is 0.0600. The van der Waals surface area contributed by atoms with E-state index in [9.17, 15) is 18.0 Å². The van der Waals surface area contributed by atoms with Crippen molar-refractivity contribution in [2.45, 2.75) is 11.4 Å². The van der Waals surface area contributed by atoms with Gasteiger partial charge < -0.3 is 4.74 Å². The molecule has 0 N–H and O–H groups in total. The van der Waals surface area contributed by atoms with Crippen LogP contribution in [0.25, 0.3) is 0 Å². The van der Waals surface area contributed by atoms with Gasteiger partial charge in [-0.25, -0.2) is 18.0 Å². The fraction of sp³-hybridized carbons (Fsp3) is 0.111. The molecule has 3 rings (SSSR count). The summed E-state index contributed by atoms with van der Waals surface area (Å²) in [6, 6.07) is 12.1. The first-order valence-electron chi connectivity index (χ1n) is 7.79. The lowest BCUT2D eigenvalue weighted by Crippen LogP contribution is -2.29. The van der Waals surface area contributed by atoms with E-state index in [1.165, 1.54) is 48.3 Å². The molecule has 0 atom stereocenters. The summed E-state index contributed by atoms with van der Waals surface area (Å²) in [5.41, 5.74) is 0.421. The van der Waals surface area contributed by atoms with Crippen LogP contribution in [0.5, 0.6) is 0 Å². The monoisotopic (exact) mass is 406 g/mol. The number of hydrogen-bond donors (Lipinski definition) is 0. The highest BCUT2D eigenvalue weighted by Gasteiger charge is 2.20. The Morgan fingerprint density at radius 1 is 1.04 bits per heavy atom. The number of imidazole rings is 1. The third-order valence-electron chi connectivity index (χ3n) is 3.91. The van der Waals surface area contributed by atoms with Crippen molar-refractivity contribution in [1.82, 2.24) is 8.54 Å². The summed E-state index contributed by atoms with van der Waals surface area (Å²) in [7, 11) is -2.72. The zero-order chi connectivity index (χ0) is 19.6. The normalized spacial score (nSPS) is 11.3. The quantitative estimate of drug-likeness (QED) is 0.607. The van der Waals surface area contributed by atoms with Crippen molar-refractivity contribution in [3.05, 3.63) is 87.6 Å². The Balaban J connectivity index is 1.88. The van der Waals surface area contributed by atoms with Crippen LogP contribution in [0.3, 0.4) is 0 Å². The van der Waals surface area contributed by atoms with Crippen molar-refractivity contribution < 1.29 is 17.9 Å². The van der Waals surface area contributed by atoms with Crippen LogP contribution in [0, 0.1) is 0 Å². The molecule has 27 heavy (non-hydrogen) atoms. The van der Waals surface area contributed by atoms with Crippen molar-refractivity contribution in [1.29, 1.82) is 0 Å². The van der Waals surface area contributed by atoms with Crippen LogP contribution < -0.4 is 5.69 Å². The highest BCUT2D eigenvalue weighted by atomic mass is 35.5. The van der Waals surface area contributed by atoms with Gasteiger partial charge in [-0.05, 0) is 42.0 Å². The molecule has 7 nitrogen and oxygen atoms in total. The minimum atomic E-state index is -4.02. The van der Waals surface area contributed by atoms with Crippen molar-refractivity contribution in [2.24, 2.45) is 0 Å². The van der Waals surface area contributed by atoms with E-state index >= 15 is 0 Å². The van der Waals surface area contributed by atoms with E-state index in [1.54, 1.807) is 24.3 Å². The number of carbonyl (C=O) groups is 1. The molecule has 0 aliphatic rings. The van der Waals surface area contributed by atoms with Crippen LogP contribution in [-0.2, 0) is 21.3 Å². The second kappa shape index (κ2) is 7.42. The van der Waals surface area contributed by atoms with Gasteiger partial charge in [0.05, 0.1) is 24.1 Å². The van der Waals surface area contributed by atoms with E-state index in [2.05, 4.69) is 4.74 Å². The van der Waals surface area contributed by atoms with E-state index in [0.29, 0.717) is 14.6 Å². The summed E-state index contributed by atoms with van der Waals surface area (Å²) in [5.74, 6) is -0.459. The zero-order valence-electron chi connectivity index (χ0n) is 14.2. The van der Waals surface area contributed by atoms with Gasteiger partial charge >= 0.3 is 11.7 Å². The van der Waals surface area contributed by atoms with Gasteiger partial charge in [-0.1, -0.05) is 23.7 Å². The molecule has 0 spiro atoms. The number of rotatable bonds is 5. The topological polar surface area (TPSA) is 87.4 Å². The maximum Gasteiger partial charge on any atom is 0.342 e. The molecular weight excluding hydrogens is 392 g/mol. The van der Waals surface area contributed by atoms with Gasteiger partial charge in [0.25, 0.3) is 10.0 Å². The summed E-state index contributed by atoms with van der Waals surface area (Å²) in [4.78, 5) is 23.9. The maximum atomic E-state index is 12.6. The van der Waals surface area contributed by atoms with Gasteiger partial charge in [0.2, 0.25) is 0 Å². The third kappa shape index (κ3) is 3.81. The number of halogens is 1. The minimum Gasteiger partial charge on any atom is -0.465 e. The molecule has 140 valence electrons. The molecular formula is C18H15ClN2O5S. The Labute approximate surface area is 160 Å². The Bertz CT molecular complexity index is 1130. The largest absolute Gasteiger partial charge is 0.465 e. The summed E-state index contributed by atoms with van der Waals surface area (Å²) in [6.07, 6.45) is 2.60. The Hall–Kier alpha value is -2.84. The van der Waals surface area contributed by atoms with Crippen LogP contribution in [-0.4, -0.2) is 30.0 Å². The SMILES string of the molecule is COC(=O)c1ccc(Cn2ccn(S(=O)(=O)c3ccc(Cl)cc3)c2=O)cc1. The lowest BCUT2D eigenvalue weighted by atomic mass is 10.1. The van der Waals surface area contributed by atoms with E-state index in [-0.39, 0.29) is 11.4 Å². The molecule has 0 fully saturated rings. The number of benzene rings is 2. The van der Waals surface area contributed by atoms with Gasteiger partial charge in [0, 0.05) is 17.4 Å². The number of ether oxygens (including phenoxy) is 1. The average molecular weight is 407 g/mol. The standard InChI is InChI=1S/C18H15ClN2O5S/c1-26-17(22)14-4-2-13(3-5-14)12-20-10-11-21(18(20)23)27(24,25)16-8-6-15(19)7-9-16/h2-11H,12H2,1H3. The van der Waals surface area contributed by atoms with Crippen molar-refractivity contribution in [3.63, 3.8) is 0 Å². The lowest BCUT2D eigenvalue weighted by Gasteiger charge is -2.06. The summed E-state index contributed by atoms with van der Waals surface area (Å²) in [6.45, 7) is 0.156. The fourth-order valence-electron chi connectivity index (χ4n) is 2.48. The maximum absolute atomic E-state index is 12.6. The van der Waals surface area contributed by atoms with Crippen molar-refractivity contribution in [2.75, 3.05) is 7.11 Å². The molecule has 3 aromatic rings. The molecule has 0 amide bonds. The van der Waals surface area contributed by atoms with Gasteiger partial charge in [-0.3, -0.25) is 4.57 Å². The summed E-state index contributed by atoms with van der Waals surface area (Å²) < 4.78 is 31.9. The first kappa shape index (κ1) is 18.9. The first-order chi connectivity index (χ1) is 12.8.